The Morgan fingerprint density at radius 3 is 1.32 bits per heavy atom. The number of halogens is 7. The third-order valence-electron chi connectivity index (χ3n) is 2.42. The quantitative estimate of drug-likeness (QED) is 0.554. The van der Waals surface area contributed by atoms with Crippen LogP contribution in [0.3, 0.4) is 0 Å². The fourth-order valence-electron chi connectivity index (χ4n) is 1.65. The van der Waals surface area contributed by atoms with Crippen LogP contribution in [0, 0.1) is 0 Å². The van der Waals surface area contributed by atoms with Crippen molar-refractivity contribution in [1.29, 1.82) is 0 Å². The van der Waals surface area contributed by atoms with Gasteiger partial charge in [-0.05, 0) is 27.7 Å². The summed E-state index contributed by atoms with van der Waals surface area (Å²) < 4.78 is 71.8. The normalized spacial score (nSPS) is 14.2. The van der Waals surface area contributed by atoms with E-state index in [1.54, 1.807) is 15.9 Å². The molecule has 0 aliphatic carbocycles. The highest BCUT2D eigenvalue weighted by atomic mass is 79.9. The van der Waals surface area contributed by atoms with Crippen LogP contribution in [0.1, 0.15) is 27.7 Å². The van der Waals surface area contributed by atoms with E-state index in [-0.39, 0.29) is 0 Å². The maximum absolute atomic E-state index is 12.7. The number of hydrogen-bond donors (Lipinski definition) is 0. The van der Waals surface area contributed by atoms with Crippen LogP contribution in [0.25, 0.3) is 0 Å². The van der Waals surface area contributed by atoms with Gasteiger partial charge in [0.05, 0.1) is 0 Å². The molecule has 0 aliphatic heterocycles. The molecule has 114 valence electrons. The molecule has 0 aromatic carbocycles. The largest absolute Gasteiger partial charge is 0.421 e. The first-order valence-electron chi connectivity index (χ1n) is 5.33. The van der Waals surface area contributed by atoms with E-state index in [4.69, 9.17) is 0 Å². The highest BCUT2D eigenvalue weighted by Crippen LogP contribution is 2.50. The van der Waals surface area contributed by atoms with Gasteiger partial charge in [-0.1, -0.05) is 15.9 Å². The highest BCUT2D eigenvalue weighted by Gasteiger charge is 2.75. The minimum Gasteiger partial charge on any atom is -0.336 e. The summed E-state index contributed by atoms with van der Waals surface area (Å²) in [5, 5.41) is 0. The molecule has 0 aromatic rings. The van der Waals surface area contributed by atoms with Crippen LogP contribution in [-0.4, -0.2) is 39.6 Å². The van der Waals surface area contributed by atoms with Gasteiger partial charge in [-0.15, -0.1) is 0 Å². The van der Waals surface area contributed by atoms with Gasteiger partial charge in [-0.3, -0.25) is 4.79 Å². The van der Waals surface area contributed by atoms with Gasteiger partial charge in [-0.25, -0.2) is 0 Å². The van der Waals surface area contributed by atoms with Crippen molar-refractivity contribution in [1.82, 2.24) is 4.90 Å². The van der Waals surface area contributed by atoms with Crippen LogP contribution in [0.15, 0.2) is 0 Å². The SMILES string of the molecule is CC(C)N(C(=O)C(Br)(C(F)(F)F)C(F)(F)F)C(C)C. The summed E-state index contributed by atoms with van der Waals surface area (Å²) in [6, 6.07) is -1.59. The molecule has 0 radical (unpaired) electrons. The maximum atomic E-state index is 12.7. The molecule has 0 aliphatic rings. The lowest BCUT2D eigenvalue weighted by Gasteiger charge is -2.39. The number of alkyl halides is 7. The second-order valence-corrected chi connectivity index (χ2v) is 5.74. The van der Waals surface area contributed by atoms with Gasteiger partial charge in [0, 0.05) is 12.1 Å². The third kappa shape index (κ3) is 3.35. The van der Waals surface area contributed by atoms with Gasteiger partial charge in [0.1, 0.15) is 0 Å². The molecule has 0 rings (SSSR count). The fourth-order valence-corrected chi connectivity index (χ4v) is 1.85. The van der Waals surface area contributed by atoms with Gasteiger partial charge >= 0.3 is 12.4 Å². The van der Waals surface area contributed by atoms with E-state index in [0.29, 0.717) is 4.90 Å². The van der Waals surface area contributed by atoms with E-state index < -0.39 is 34.7 Å². The first-order chi connectivity index (χ1) is 8.18. The molecule has 19 heavy (non-hydrogen) atoms. The van der Waals surface area contributed by atoms with Crippen LogP contribution in [0.5, 0.6) is 0 Å². The van der Waals surface area contributed by atoms with Crippen molar-refractivity contribution in [2.45, 2.75) is 56.5 Å². The lowest BCUT2D eigenvalue weighted by molar-refractivity contribution is -0.259. The number of carbonyl (C=O) groups excluding carboxylic acids is 1. The molecule has 0 N–H and O–H groups in total. The second-order valence-electron chi connectivity index (χ2n) is 4.55. The summed E-state index contributed by atoms with van der Waals surface area (Å²) >= 11 is 1.59. The van der Waals surface area contributed by atoms with Crippen molar-refractivity contribution in [2.75, 3.05) is 0 Å². The van der Waals surface area contributed by atoms with Crippen LogP contribution in [0.4, 0.5) is 26.3 Å². The highest BCUT2D eigenvalue weighted by molar-refractivity contribution is 9.10. The topological polar surface area (TPSA) is 20.3 Å². The number of rotatable bonds is 3. The zero-order valence-corrected chi connectivity index (χ0v) is 12.2. The Labute approximate surface area is 115 Å². The van der Waals surface area contributed by atoms with E-state index in [0.717, 1.165) is 0 Å². The van der Waals surface area contributed by atoms with Gasteiger partial charge in [-0.2, -0.15) is 26.3 Å². The Morgan fingerprint density at radius 1 is 0.895 bits per heavy atom. The van der Waals surface area contributed by atoms with Gasteiger partial charge in [0.25, 0.3) is 10.2 Å². The lowest BCUT2D eigenvalue weighted by Crippen LogP contribution is -2.64. The monoisotopic (exact) mass is 357 g/mol. The smallest absolute Gasteiger partial charge is 0.336 e. The van der Waals surface area contributed by atoms with Crippen LogP contribution in [-0.2, 0) is 4.79 Å². The number of carbonyl (C=O) groups is 1. The molecule has 0 heterocycles. The number of hydrogen-bond acceptors (Lipinski definition) is 1. The zero-order chi connectivity index (χ0) is 15.8. The molecule has 0 saturated carbocycles. The Balaban J connectivity index is 5.86. The summed E-state index contributed by atoms with van der Waals surface area (Å²) in [5.74, 6) is -2.06. The van der Waals surface area contributed by atoms with Crippen molar-refractivity contribution < 1.29 is 31.1 Å². The lowest BCUT2D eigenvalue weighted by atomic mass is 10.0. The van der Waals surface area contributed by atoms with Crippen LogP contribution in [0.2, 0.25) is 0 Å². The van der Waals surface area contributed by atoms with Crippen molar-refractivity contribution in [3.8, 4) is 0 Å². The number of amides is 1. The summed E-state index contributed by atoms with van der Waals surface area (Å²) in [6.07, 6.45) is -11.6. The molecule has 2 nitrogen and oxygen atoms in total. The molecule has 0 aromatic heterocycles. The molecule has 0 saturated heterocycles. The summed E-state index contributed by atoms with van der Waals surface area (Å²) in [6.45, 7) is 5.38. The van der Waals surface area contributed by atoms with E-state index in [9.17, 15) is 31.1 Å². The average Bonchev–Trinajstić information content (AvgIpc) is 2.11. The number of nitrogens with zero attached hydrogens (tertiary/aromatic N) is 1. The molecule has 0 bridgehead atoms. The second kappa shape index (κ2) is 5.49. The minimum absolute atomic E-state index is 0.551. The molecule has 1 amide bonds. The Hall–Kier alpha value is -0.470. The van der Waals surface area contributed by atoms with Crippen molar-refractivity contribution in [3.63, 3.8) is 0 Å². The summed E-state index contributed by atoms with van der Waals surface area (Å²) in [5.41, 5.74) is 0. The predicted molar refractivity (Wildman–Crippen MR) is 60.9 cm³/mol. The van der Waals surface area contributed by atoms with Crippen molar-refractivity contribution in [3.05, 3.63) is 0 Å². The first kappa shape index (κ1) is 18.5. The fraction of sp³-hybridized carbons (Fsp3) is 0.900. The maximum Gasteiger partial charge on any atom is 0.421 e. The standard InChI is InChI=1S/C10H14BrF6NO/c1-5(2)18(6(3)4)7(19)8(11,9(12,13)14)10(15,16)17/h5-6H,1-4H3. The molecular weight excluding hydrogens is 344 g/mol. The molecule has 0 fully saturated rings. The zero-order valence-electron chi connectivity index (χ0n) is 10.7. The van der Waals surface area contributed by atoms with Crippen molar-refractivity contribution in [2.24, 2.45) is 0 Å². The molecular formula is C10H14BrF6NO. The first-order valence-corrected chi connectivity index (χ1v) is 6.12. The molecule has 0 atom stereocenters. The van der Waals surface area contributed by atoms with Crippen molar-refractivity contribution >= 4 is 21.8 Å². The van der Waals surface area contributed by atoms with E-state index >= 15 is 0 Å². The summed E-state index contributed by atoms with van der Waals surface area (Å²) in [4.78, 5) is 12.3. The molecule has 0 unspecified atom stereocenters. The minimum atomic E-state index is -5.79. The van der Waals surface area contributed by atoms with Gasteiger partial charge in [0.2, 0.25) is 0 Å². The van der Waals surface area contributed by atoms with E-state index in [2.05, 4.69) is 0 Å². The summed E-state index contributed by atoms with van der Waals surface area (Å²) in [7, 11) is 0. The third-order valence-corrected chi connectivity index (χ3v) is 3.66. The van der Waals surface area contributed by atoms with Crippen LogP contribution < -0.4 is 0 Å². The Kier molecular flexibility index (Phi) is 5.36. The predicted octanol–water partition coefficient (Wildman–Crippen LogP) is 3.89. The average molecular weight is 358 g/mol. The van der Waals surface area contributed by atoms with E-state index in [1.807, 2.05) is 0 Å². The molecule has 0 spiro atoms. The van der Waals surface area contributed by atoms with Gasteiger partial charge in [0.15, 0.2) is 0 Å². The molecule has 9 heteroatoms. The van der Waals surface area contributed by atoms with E-state index in [1.165, 1.54) is 27.7 Å². The Morgan fingerprint density at radius 2 is 1.16 bits per heavy atom. The van der Waals surface area contributed by atoms with Gasteiger partial charge < -0.3 is 4.90 Å². The van der Waals surface area contributed by atoms with Crippen LogP contribution >= 0.6 is 15.9 Å². The Bertz CT molecular complexity index is 314.